The molecule has 0 unspecified atom stereocenters. The van der Waals surface area contributed by atoms with Gasteiger partial charge in [0.25, 0.3) is 0 Å². The highest BCUT2D eigenvalue weighted by molar-refractivity contribution is 8.01. The largest absolute Gasteiger partial charge is 0.426 e. The van der Waals surface area contributed by atoms with Crippen LogP contribution < -0.4 is 4.74 Å². The Balaban J connectivity index is 2.50. The number of esters is 1. The van der Waals surface area contributed by atoms with Crippen LogP contribution >= 0.6 is 11.8 Å². The molecule has 0 aliphatic carbocycles. The van der Waals surface area contributed by atoms with Crippen molar-refractivity contribution in [2.45, 2.75) is 32.4 Å². The highest BCUT2D eigenvalue weighted by atomic mass is 32.2. The lowest BCUT2D eigenvalue weighted by Gasteiger charge is -2.16. The molecule has 0 bridgehead atoms. The van der Waals surface area contributed by atoms with Crippen LogP contribution in [-0.4, -0.2) is 16.5 Å². The van der Waals surface area contributed by atoms with Gasteiger partial charge in [-0.1, -0.05) is 39.0 Å². The summed E-state index contributed by atoms with van der Waals surface area (Å²) in [5, 5.41) is 0. The summed E-state index contributed by atoms with van der Waals surface area (Å²) in [7, 11) is 0. The number of rotatable bonds is 3. The zero-order valence-corrected chi connectivity index (χ0v) is 11.1. The van der Waals surface area contributed by atoms with Gasteiger partial charge in [0, 0.05) is 4.75 Å². The van der Waals surface area contributed by atoms with Gasteiger partial charge in [-0.25, -0.2) is 0 Å². The molecule has 0 aromatic heterocycles. The van der Waals surface area contributed by atoms with Crippen LogP contribution in [0.1, 0.15) is 26.3 Å². The Kier molecular flexibility index (Phi) is 4.42. The summed E-state index contributed by atoms with van der Waals surface area (Å²) in [6, 6.07) is 7.54. The number of hydrogen-bond donors (Lipinski definition) is 0. The zero-order chi connectivity index (χ0) is 12.2. The molecule has 0 aliphatic rings. The summed E-state index contributed by atoms with van der Waals surface area (Å²) in [5.74, 6) is 0.855. The molecule has 0 radical (unpaired) electrons. The monoisotopic (exact) mass is 238 g/mol. The van der Waals surface area contributed by atoms with E-state index >= 15 is 0 Å². The van der Waals surface area contributed by atoms with Gasteiger partial charge in [0.1, 0.15) is 5.75 Å². The van der Waals surface area contributed by atoms with Crippen LogP contribution in [0.5, 0.6) is 5.75 Å². The fraction of sp³-hybridized carbons (Fsp3) is 0.462. The van der Waals surface area contributed by atoms with E-state index in [-0.39, 0.29) is 10.7 Å². The molecule has 0 N–H and O–H groups in total. The van der Waals surface area contributed by atoms with Gasteiger partial charge in [0.2, 0.25) is 0 Å². The second kappa shape index (κ2) is 5.39. The maximum atomic E-state index is 11.6. The van der Waals surface area contributed by atoms with Crippen LogP contribution in [0, 0.1) is 6.92 Å². The third-order valence-corrected chi connectivity index (χ3v) is 3.19. The third-order valence-electron chi connectivity index (χ3n) is 1.94. The van der Waals surface area contributed by atoms with E-state index in [0.717, 1.165) is 5.56 Å². The summed E-state index contributed by atoms with van der Waals surface area (Å²) >= 11 is 1.59. The molecule has 0 saturated carbocycles. The number of thioether (sulfide) groups is 1. The Labute approximate surface area is 101 Å². The van der Waals surface area contributed by atoms with E-state index in [2.05, 4.69) is 20.8 Å². The molecular weight excluding hydrogens is 220 g/mol. The predicted molar refractivity (Wildman–Crippen MR) is 69.0 cm³/mol. The lowest BCUT2D eigenvalue weighted by molar-refractivity contribution is -0.131. The van der Waals surface area contributed by atoms with E-state index in [1.165, 1.54) is 0 Å². The minimum absolute atomic E-state index is 0.0880. The van der Waals surface area contributed by atoms with Crippen molar-refractivity contribution in [3.63, 3.8) is 0 Å². The lowest BCUT2D eigenvalue weighted by atomic mass is 10.2. The quantitative estimate of drug-likeness (QED) is 0.596. The molecule has 1 aromatic carbocycles. The average molecular weight is 238 g/mol. The molecule has 0 aliphatic heterocycles. The summed E-state index contributed by atoms with van der Waals surface area (Å²) < 4.78 is 5.37. The Morgan fingerprint density at radius 2 is 1.94 bits per heavy atom. The normalized spacial score (nSPS) is 11.2. The molecule has 0 atom stereocenters. The van der Waals surface area contributed by atoms with Crippen LogP contribution in [0.3, 0.4) is 0 Å². The minimum Gasteiger partial charge on any atom is -0.426 e. The van der Waals surface area contributed by atoms with Crippen molar-refractivity contribution in [1.82, 2.24) is 0 Å². The molecule has 1 rings (SSSR count). The van der Waals surface area contributed by atoms with Gasteiger partial charge in [-0.3, -0.25) is 4.79 Å². The van der Waals surface area contributed by atoms with Crippen molar-refractivity contribution in [2.75, 3.05) is 5.75 Å². The lowest BCUT2D eigenvalue weighted by Crippen LogP contribution is -2.17. The SMILES string of the molecule is Cc1ccccc1OC(=O)CSC(C)(C)C. The Bertz CT molecular complexity index is 366. The first kappa shape index (κ1) is 13.1. The van der Waals surface area contributed by atoms with Gasteiger partial charge in [0.15, 0.2) is 0 Å². The van der Waals surface area contributed by atoms with Crippen LogP contribution in [0.2, 0.25) is 0 Å². The van der Waals surface area contributed by atoms with Crippen LogP contribution in [0.15, 0.2) is 24.3 Å². The molecule has 0 heterocycles. The first-order valence-corrected chi connectivity index (χ1v) is 6.27. The van der Waals surface area contributed by atoms with E-state index in [4.69, 9.17) is 4.74 Å². The van der Waals surface area contributed by atoms with E-state index in [9.17, 15) is 4.79 Å². The second-order valence-corrected chi connectivity index (χ2v) is 6.44. The highest BCUT2D eigenvalue weighted by Gasteiger charge is 2.14. The Morgan fingerprint density at radius 1 is 1.31 bits per heavy atom. The fourth-order valence-electron chi connectivity index (χ4n) is 1.10. The van der Waals surface area contributed by atoms with Gasteiger partial charge in [-0.05, 0) is 18.6 Å². The maximum absolute atomic E-state index is 11.6. The van der Waals surface area contributed by atoms with Crippen molar-refractivity contribution in [2.24, 2.45) is 0 Å². The second-order valence-electron chi connectivity index (χ2n) is 4.64. The maximum Gasteiger partial charge on any atom is 0.321 e. The first-order chi connectivity index (χ1) is 7.38. The minimum atomic E-state index is -0.186. The van der Waals surface area contributed by atoms with Crippen molar-refractivity contribution < 1.29 is 9.53 Å². The highest BCUT2D eigenvalue weighted by Crippen LogP contribution is 2.24. The topological polar surface area (TPSA) is 26.3 Å². The Morgan fingerprint density at radius 3 is 2.50 bits per heavy atom. The number of para-hydroxylation sites is 1. The van der Waals surface area contributed by atoms with Crippen LogP contribution in [-0.2, 0) is 4.79 Å². The summed E-state index contributed by atoms with van der Waals surface area (Å²) in [4.78, 5) is 11.6. The number of aryl methyl sites for hydroxylation is 1. The van der Waals surface area contributed by atoms with Gasteiger partial charge in [-0.2, -0.15) is 0 Å². The van der Waals surface area contributed by atoms with E-state index < -0.39 is 0 Å². The molecule has 1 aromatic rings. The molecule has 0 fully saturated rings. The number of hydrogen-bond acceptors (Lipinski definition) is 3. The molecular formula is C13H18O2S. The molecule has 88 valence electrons. The van der Waals surface area contributed by atoms with E-state index in [1.54, 1.807) is 11.8 Å². The van der Waals surface area contributed by atoms with Crippen molar-refractivity contribution in [1.29, 1.82) is 0 Å². The van der Waals surface area contributed by atoms with Gasteiger partial charge >= 0.3 is 5.97 Å². The molecule has 0 amide bonds. The van der Waals surface area contributed by atoms with Crippen molar-refractivity contribution in [3.05, 3.63) is 29.8 Å². The van der Waals surface area contributed by atoms with Crippen LogP contribution in [0.25, 0.3) is 0 Å². The van der Waals surface area contributed by atoms with Crippen LogP contribution in [0.4, 0.5) is 0 Å². The fourth-order valence-corrected chi connectivity index (χ4v) is 1.71. The zero-order valence-electron chi connectivity index (χ0n) is 10.2. The van der Waals surface area contributed by atoms with E-state index in [1.807, 2.05) is 31.2 Å². The number of ether oxygens (including phenoxy) is 1. The van der Waals surface area contributed by atoms with Gasteiger partial charge < -0.3 is 4.74 Å². The summed E-state index contributed by atoms with van der Waals surface area (Å²) in [6.07, 6.45) is 0. The first-order valence-electron chi connectivity index (χ1n) is 5.29. The standard InChI is InChI=1S/C13H18O2S/c1-10-7-5-6-8-11(10)15-12(14)9-16-13(2,3)4/h5-8H,9H2,1-4H3. The molecule has 0 saturated heterocycles. The van der Waals surface area contributed by atoms with Gasteiger partial charge in [-0.15, -0.1) is 11.8 Å². The summed E-state index contributed by atoms with van der Waals surface area (Å²) in [6.45, 7) is 8.18. The Hall–Kier alpha value is -0.960. The number of carbonyl (C=O) groups is 1. The smallest absolute Gasteiger partial charge is 0.321 e. The van der Waals surface area contributed by atoms with E-state index in [0.29, 0.717) is 11.5 Å². The van der Waals surface area contributed by atoms with Crippen molar-refractivity contribution >= 4 is 17.7 Å². The molecule has 3 heteroatoms. The number of benzene rings is 1. The van der Waals surface area contributed by atoms with Gasteiger partial charge in [0.05, 0.1) is 5.75 Å². The number of carbonyl (C=O) groups excluding carboxylic acids is 1. The average Bonchev–Trinajstić information content (AvgIpc) is 2.18. The molecule has 16 heavy (non-hydrogen) atoms. The van der Waals surface area contributed by atoms with Crippen molar-refractivity contribution in [3.8, 4) is 5.75 Å². The molecule has 2 nitrogen and oxygen atoms in total. The molecule has 0 spiro atoms. The summed E-state index contributed by atoms with van der Waals surface area (Å²) in [5.41, 5.74) is 0.983. The third kappa shape index (κ3) is 4.71. The predicted octanol–water partition coefficient (Wildman–Crippen LogP) is 3.43.